The minimum atomic E-state index is -0.451. The Kier molecular flexibility index (Phi) is 9.97. The summed E-state index contributed by atoms with van der Waals surface area (Å²) in [5, 5.41) is 3.42. The Bertz CT molecular complexity index is 565. The standard InChI is InChI=1S/C22H40N4O3.HI/c1-22(2,3)29-21(27)26(15-17-5-6-17)19-9-12-25(13-10-19)20(23-4)24-11-14-28-16-18-7-8-18;/h17-19H,5-16H2,1-4H3,(H,23,24);1H. The van der Waals surface area contributed by atoms with Crippen molar-refractivity contribution in [3.05, 3.63) is 0 Å². The van der Waals surface area contributed by atoms with Gasteiger partial charge in [0.2, 0.25) is 0 Å². The highest BCUT2D eigenvalue weighted by molar-refractivity contribution is 14.0. The second kappa shape index (κ2) is 11.7. The van der Waals surface area contributed by atoms with Gasteiger partial charge in [-0.3, -0.25) is 4.99 Å². The number of hydrogen-bond acceptors (Lipinski definition) is 4. The summed E-state index contributed by atoms with van der Waals surface area (Å²) in [5.74, 6) is 2.40. The molecule has 1 N–H and O–H groups in total. The lowest BCUT2D eigenvalue weighted by Crippen LogP contribution is -2.52. The lowest BCUT2D eigenvalue weighted by atomic mass is 10.0. The summed E-state index contributed by atoms with van der Waals surface area (Å²) >= 11 is 0. The second-order valence-electron chi connectivity index (χ2n) is 9.79. The van der Waals surface area contributed by atoms with E-state index in [1.807, 2.05) is 32.7 Å². The van der Waals surface area contributed by atoms with Gasteiger partial charge in [-0.1, -0.05) is 0 Å². The molecule has 3 fully saturated rings. The van der Waals surface area contributed by atoms with Gasteiger partial charge in [0.15, 0.2) is 5.96 Å². The Labute approximate surface area is 199 Å². The molecule has 2 aliphatic carbocycles. The van der Waals surface area contributed by atoms with Crippen LogP contribution in [0, 0.1) is 11.8 Å². The van der Waals surface area contributed by atoms with Crippen LogP contribution in [-0.4, -0.2) is 79.9 Å². The van der Waals surface area contributed by atoms with E-state index in [1.165, 1.54) is 25.7 Å². The Morgan fingerprint density at radius 2 is 1.73 bits per heavy atom. The number of rotatable bonds is 8. The molecule has 0 spiro atoms. The van der Waals surface area contributed by atoms with E-state index in [9.17, 15) is 4.79 Å². The molecule has 174 valence electrons. The molecule has 0 bridgehead atoms. The molecule has 3 aliphatic rings. The van der Waals surface area contributed by atoms with E-state index >= 15 is 0 Å². The SMILES string of the molecule is CN=C(NCCOCC1CC1)N1CCC(N(CC2CC2)C(=O)OC(C)(C)C)CC1.I. The fraction of sp³-hybridized carbons (Fsp3) is 0.909. The Balaban J connectivity index is 0.00000320. The molecular weight excluding hydrogens is 495 g/mol. The Morgan fingerprint density at radius 1 is 1.10 bits per heavy atom. The zero-order chi connectivity index (χ0) is 20.9. The predicted octanol–water partition coefficient (Wildman–Crippen LogP) is 3.72. The summed E-state index contributed by atoms with van der Waals surface area (Å²) in [6.45, 7) is 10.9. The molecule has 8 heteroatoms. The number of nitrogens with one attached hydrogen (secondary N) is 1. The van der Waals surface area contributed by atoms with Crippen LogP contribution in [0.3, 0.4) is 0 Å². The molecule has 1 heterocycles. The molecule has 3 rings (SSSR count). The van der Waals surface area contributed by atoms with Crippen LogP contribution in [0.2, 0.25) is 0 Å². The maximum atomic E-state index is 12.8. The number of hydrogen-bond donors (Lipinski definition) is 1. The smallest absolute Gasteiger partial charge is 0.410 e. The average molecular weight is 536 g/mol. The largest absolute Gasteiger partial charge is 0.444 e. The van der Waals surface area contributed by atoms with Crippen molar-refractivity contribution >= 4 is 36.0 Å². The summed E-state index contributed by atoms with van der Waals surface area (Å²) in [6, 6.07) is 0.252. The molecule has 0 unspecified atom stereocenters. The number of halogens is 1. The van der Waals surface area contributed by atoms with Crippen LogP contribution in [-0.2, 0) is 9.47 Å². The molecule has 0 aromatic heterocycles. The third kappa shape index (κ3) is 8.77. The Hall–Kier alpha value is -0.770. The van der Waals surface area contributed by atoms with Crippen molar-refractivity contribution in [2.24, 2.45) is 16.8 Å². The number of piperidine rings is 1. The molecule has 1 amide bonds. The van der Waals surface area contributed by atoms with Crippen molar-refractivity contribution < 1.29 is 14.3 Å². The van der Waals surface area contributed by atoms with Crippen LogP contribution in [0.4, 0.5) is 4.79 Å². The highest BCUT2D eigenvalue weighted by Crippen LogP contribution is 2.32. The molecule has 0 aromatic rings. The topological polar surface area (TPSA) is 66.4 Å². The third-order valence-corrected chi connectivity index (χ3v) is 5.78. The van der Waals surface area contributed by atoms with Gasteiger partial charge in [0.25, 0.3) is 0 Å². The number of ether oxygens (including phenoxy) is 2. The molecular formula is C22H41IN4O3. The fourth-order valence-electron chi connectivity index (χ4n) is 3.76. The fourth-order valence-corrected chi connectivity index (χ4v) is 3.76. The van der Waals surface area contributed by atoms with Crippen molar-refractivity contribution in [3.8, 4) is 0 Å². The summed E-state index contributed by atoms with van der Waals surface area (Å²) < 4.78 is 11.4. The van der Waals surface area contributed by atoms with Gasteiger partial charge in [0.1, 0.15) is 5.60 Å². The zero-order valence-electron chi connectivity index (χ0n) is 19.2. The minimum absolute atomic E-state index is 0. The number of aliphatic imine (C=N–C) groups is 1. The predicted molar refractivity (Wildman–Crippen MR) is 131 cm³/mol. The van der Waals surface area contributed by atoms with E-state index < -0.39 is 5.60 Å². The van der Waals surface area contributed by atoms with Gasteiger partial charge in [-0.15, -0.1) is 24.0 Å². The molecule has 1 saturated heterocycles. The van der Waals surface area contributed by atoms with Gasteiger partial charge in [0, 0.05) is 45.9 Å². The van der Waals surface area contributed by atoms with Gasteiger partial charge in [-0.2, -0.15) is 0 Å². The van der Waals surface area contributed by atoms with E-state index in [0.29, 0.717) is 5.92 Å². The molecule has 0 radical (unpaired) electrons. The first-order valence-electron chi connectivity index (χ1n) is 11.4. The maximum absolute atomic E-state index is 12.8. The average Bonchev–Trinajstić information content (AvgIpc) is 3.57. The van der Waals surface area contributed by atoms with Gasteiger partial charge >= 0.3 is 6.09 Å². The van der Waals surface area contributed by atoms with Crippen LogP contribution < -0.4 is 5.32 Å². The number of guanidine groups is 1. The first kappa shape index (κ1) is 25.5. The first-order valence-corrected chi connectivity index (χ1v) is 11.4. The van der Waals surface area contributed by atoms with E-state index in [1.54, 1.807) is 0 Å². The lowest BCUT2D eigenvalue weighted by Gasteiger charge is -2.40. The van der Waals surface area contributed by atoms with E-state index in [4.69, 9.17) is 9.47 Å². The number of nitrogens with zero attached hydrogens (tertiary/aromatic N) is 3. The first-order chi connectivity index (χ1) is 13.9. The molecule has 30 heavy (non-hydrogen) atoms. The van der Waals surface area contributed by atoms with Crippen molar-refractivity contribution in [1.82, 2.24) is 15.1 Å². The highest BCUT2D eigenvalue weighted by Gasteiger charge is 2.35. The summed E-state index contributed by atoms with van der Waals surface area (Å²) in [5.41, 5.74) is -0.451. The van der Waals surface area contributed by atoms with E-state index in [2.05, 4.69) is 15.2 Å². The number of likely N-dealkylation sites (tertiary alicyclic amines) is 1. The van der Waals surface area contributed by atoms with Crippen LogP contribution >= 0.6 is 24.0 Å². The maximum Gasteiger partial charge on any atom is 0.410 e. The molecule has 1 aliphatic heterocycles. The summed E-state index contributed by atoms with van der Waals surface area (Å²) in [4.78, 5) is 21.5. The van der Waals surface area contributed by atoms with Crippen LogP contribution in [0.15, 0.2) is 4.99 Å². The van der Waals surface area contributed by atoms with Crippen LogP contribution in [0.5, 0.6) is 0 Å². The van der Waals surface area contributed by atoms with E-state index in [0.717, 1.165) is 64.1 Å². The molecule has 7 nitrogen and oxygen atoms in total. The summed E-state index contributed by atoms with van der Waals surface area (Å²) in [6.07, 6.45) is 6.86. The molecule has 0 atom stereocenters. The zero-order valence-corrected chi connectivity index (χ0v) is 21.5. The normalized spacial score (nSPS) is 20.5. The monoisotopic (exact) mass is 536 g/mol. The number of carbonyl (C=O) groups excluding carboxylic acids is 1. The van der Waals surface area contributed by atoms with Crippen molar-refractivity contribution in [1.29, 1.82) is 0 Å². The third-order valence-electron chi connectivity index (χ3n) is 5.78. The quantitative estimate of drug-likeness (QED) is 0.222. The van der Waals surface area contributed by atoms with Crippen molar-refractivity contribution in [2.45, 2.75) is 70.9 Å². The molecule has 0 aromatic carbocycles. The van der Waals surface area contributed by atoms with Gasteiger partial charge < -0.3 is 24.6 Å². The lowest BCUT2D eigenvalue weighted by molar-refractivity contribution is 0.00926. The second-order valence-corrected chi connectivity index (χ2v) is 9.79. The van der Waals surface area contributed by atoms with Crippen molar-refractivity contribution in [3.63, 3.8) is 0 Å². The highest BCUT2D eigenvalue weighted by atomic mass is 127. The minimum Gasteiger partial charge on any atom is -0.444 e. The molecule has 2 saturated carbocycles. The number of amides is 1. The van der Waals surface area contributed by atoms with Gasteiger partial charge in [0.05, 0.1) is 6.61 Å². The van der Waals surface area contributed by atoms with Crippen molar-refractivity contribution in [2.75, 3.05) is 46.4 Å². The van der Waals surface area contributed by atoms with Gasteiger partial charge in [-0.25, -0.2) is 4.79 Å². The number of carbonyl (C=O) groups is 1. The van der Waals surface area contributed by atoms with Crippen LogP contribution in [0.1, 0.15) is 59.3 Å². The summed E-state index contributed by atoms with van der Waals surface area (Å²) in [7, 11) is 1.83. The van der Waals surface area contributed by atoms with Gasteiger partial charge in [-0.05, 0) is 71.1 Å². The van der Waals surface area contributed by atoms with E-state index in [-0.39, 0.29) is 36.1 Å². The van der Waals surface area contributed by atoms with Crippen LogP contribution in [0.25, 0.3) is 0 Å². The Morgan fingerprint density at radius 3 is 2.27 bits per heavy atom.